The van der Waals surface area contributed by atoms with Gasteiger partial charge in [-0.05, 0) is 117 Å². The van der Waals surface area contributed by atoms with Crippen LogP contribution in [0.1, 0.15) is 105 Å². The summed E-state index contributed by atoms with van der Waals surface area (Å²) in [6, 6.07) is 0.0355. The molecule has 0 aromatic rings. The molecule has 0 aromatic carbocycles. The molecule has 5 saturated carbocycles. The summed E-state index contributed by atoms with van der Waals surface area (Å²) in [7, 11) is 1.94. The molecule has 224 valence electrons. The Morgan fingerprint density at radius 1 is 0.872 bits per heavy atom. The molecule has 6 aliphatic rings. The van der Waals surface area contributed by atoms with Gasteiger partial charge < -0.3 is 10.1 Å². The molecular weight excluding hydrogens is 503 g/mol. The maximum absolute atomic E-state index is 14.9. The van der Waals surface area contributed by atoms with Crippen LogP contribution in [0.4, 0.5) is 4.39 Å². The molecule has 0 radical (unpaired) electrons. The zero-order valence-electron chi connectivity index (χ0n) is 26.1. The Morgan fingerprint density at radius 3 is 2.33 bits per heavy atom. The molecule has 6 fully saturated rings. The van der Waals surface area contributed by atoms with Crippen LogP contribution >= 0.6 is 11.8 Å². The van der Waals surface area contributed by atoms with Crippen molar-refractivity contribution in [2.24, 2.45) is 45.8 Å². The van der Waals surface area contributed by atoms with E-state index in [0.29, 0.717) is 16.9 Å². The minimum absolute atomic E-state index is 0.0355. The highest BCUT2D eigenvalue weighted by atomic mass is 32.2. The molecule has 6 rings (SSSR count). The first-order chi connectivity index (χ1) is 18.6. The number of methoxy groups -OCH3 is 1. The minimum atomic E-state index is -0.768. The maximum Gasteiger partial charge on any atom is 0.114 e. The Morgan fingerprint density at radius 2 is 1.62 bits per heavy atom. The number of fused-ring (bicyclic) bond motifs is 7. The lowest BCUT2D eigenvalue weighted by atomic mass is 9.36. The van der Waals surface area contributed by atoms with E-state index in [1.807, 2.05) is 18.9 Å². The number of rotatable bonds is 6. The maximum atomic E-state index is 14.9. The zero-order valence-corrected chi connectivity index (χ0v) is 26.9. The smallest absolute Gasteiger partial charge is 0.114 e. The molecule has 11 atom stereocenters. The van der Waals surface area contributed by atoms with Crippen molar-refractivity contribution in [2.45, 2.75) is 129 Å². The first-order valence-corrected chi connectivity index (χ1v) is 18.0. The van der Waals surface area contributed by atoms with Gasteiger partial charge in [0.2, 0.25) is 0 Å². The zero-order chi connectivity index (χ0) is 27.6. The SMILES string of the molecule is COC1CCC2(C)C(CCC3(C)C4CCC5(NCC(C(C)F)N6CCSCC6)CCCC5C4CCC32)C1(C)C. The number of halogens is 1. The summed E-state index contributed by atoms with van der Waals surface area (Å²) in [5.74, 6) is 6.50. The molecule has 1 N–H and O–H groups in total. The molecule has 3 nitrogen and oxygen atoms in total. The Bertz CT molecular complexity index is 877. The summed E-state index contributed by atoms with van der Waals surface area (Å²) >= 11 is 2.03. The molecule has 1 heterocycles. The van der Waals surface area contributed by atoms with Crippen LogP contribution in [0.25, 0.3) is 0 Å². The first kappa shape index (κ1) is 29.2. The van der Waals surface area contributed by atoms with E-state index >= 15 is 0 Å². The summed E-state index contributed by atoms with van der Waals surface area (Å²) in [4.78, 5) is 2.45. The quantitative estimate of drug-likeness (QED) is 0.361. The third kappa shape index (κ3) is 4.60. The number of hydrogen-bond acceptors (Lipinski definition) is 4. The monoisotopic (exact) mass is 562 g/mol. The first-order valence-electron chi connectivity index (χ1n) is 16.8. The Balaban J connectivity index is 1.20. The lowest BCUT2D eigenvalue weighted by Gasteiger charge is -2.69. The fourth-order valence-electron chi connectivity index (χ4n) is 12.7. The number of hydrogen-bond donors (Lipinski definition) is 1. The molecule has 39 heavy (non-hydrogen) atoms. The van der Waals surface area contributed by atoms with Crippen molar-refractivity contribution < 1.29 is 9.13 Å². The van der Waals surface area contributed by atoms with Crippen LogP contribution in [0.2, 0.25) is 0 Å². The second-order valence-electron chi connectivity index (χ2n) is 16.1. The van der Waals surface area contributed by atoms with Crippen molar-refractivity contribution in [2.75, 3.05) is 38.2 Å². The largest absolute Gasteiger partial charge is 0.381 e. The van der Waals surface area contributed by atoms with Gasteiger partial charge in [-0.1, -0.05) is 34.1 Å². The van der Waals surface area contributed by atoms with E-state index in [1.165, 1.54) is 70.6 Å². The number of thioether (sulfide) groups is 1. The molecule has 5 heteroatoms. The van der Waals surface area contributed by atoms with Crippen LogP contribution in [0.5, 0.6) is 0 Å². The number of nitrogens with zero attached hydrogens (tertiary/aromatic N) is 1. The number of alkyl halides is 1. The fourth-order valence-corrected chi connectivity index (χ4v) is 13.6. The van der Waals surface area contributed by atoms with E-state index in [0.717, 1.165) is 60.7 Å². The van der Waals surface area contributed by atoms with Gasteiger partial charge in [0.25, 0.3) is 0 Å². The predicted molar refractivity (Wildman–Crippen MR) is 163 cm³/mol. The van der Waals surface area contributed by atoms with Crippen LogP contribution in [0, 0.1) is 45.8 Å². The Kier molecular flexibility index (Phi) is 8.03. The van der Waals surface area contributed by atoms with Crippen LogP contribution < -0.4 is 5.32 Å². The summed E-state index contributed by atoms with van der Waals surface area (Å²) < 4.78 is 21.0. The van der Waals surface area contributed by atoms with Crippen LogP contribution in [0.3, 0.4) is 0 Å². The third-order valence-corrected chi connectivity index (χ3v) is 15.4. The fraction of sp³-hybridized carbons (Fsp3) is 1.00. The van der Waals surface area contributed by atoms with Crippen molar-refractivity contribution in [1.29, 1.82) is 0 Å². The van der Waals surface area contributed by atoms with Gasteiger partial charge in [-0.2, -0.15) is 11.8 Å². The van der Waals surface area contributed by atoms with Crippen molar-refractivity contribution in [3.8, 4) is 0 Å². The normalized spacial score (nSPS) is 49.3. The van der Waals surface area contributed by atoms with E-state index < -0.39 is 6.17 Å². The van der Waals surface area contributed by atoms with E-state index in [4.69, 9.17) is 4.74 Å². The number of nitrogens with one attached hydrogen (secondary N) is 1. The Hall–Kier alpha value is 0.160. The van der Waals surface area contributed by atoms with Gasteiger partial charge in [0, 0.05) is 43.8 Å². The van der Waals surface area contributed by atoms with Gasteiger partial charge in [0.15, 0.2) is 0 Å². The highest BCUT2D eigenvalue weighted by molar-refractivity contribution is 7.99. The molecule has 1 saturated heterocycles. The summed E-state index contributed by atoms with van der Waals surface area (Å²) in [5, 5.41) is 4.17. The van der Waals surface area contributed by atoms with Gasteiger partial charge in [-0.25, -0.2) is 4.39 Å². The highest BCUT2D eigenvalue weighted by Crippen LogP contribution is 2.72. The van der Waals surface area contributed by atoms with E-state index in [9.17, 15) is 4.39 Å². The third-order valence-electron chi connectivity index (χ3n) is 14.4. The molecule has 11 unspecified atom stereocenters. The second kappa shape index (κ2) is 10.7. The molecular formula is C34H59FN2OS. The lowest BCUT2D eigenvalue weighted by Crippen LogP contribution is -2.65. The van der Waals surface area contributed by atoms with Gasteiger partial charge in [0.05, 0.1) is 12.1 Å². The van der Waals surface area contributed by atoms with E-state index in [1.54, 1.807) is 6.92 Å². The van der Waals surface area contributed by atoms with Crippen molar-refractivity contribution in [1.82, 2.24) is 10.2 Å². The Labute approximate surface area is 243 Å². The molecule has 0 aromatic heterocycles. The molecule has 0 amide bonds. The topological polar surface area (TPSA) is 24.5 Å². The average molecular weight is 563 g/mol. The summed E-state index contributed by atoms with van der Waals surface area (Å²) in [5.41, 5.74) is 1.48. The second-order valence-corrected chi connectivity index (χ2v) is 17.3. The molecule has 0 spiro atoms. The molecule has 0 bridgehead atoms. The summed E-state index contributed by atoms with van der Waals surface area (Å²) in [6.07, 6.45) is 14.7. The van der Waals surface area contributed by atoms with Gasteiger partial charge >= 0.3 is 0 Å². The summed E-state index contributed by atoms with van der Waals surface area (Å²) in [6.45, 7) is 15.2. The lowest BCUT2D eigenvalue weighted by molar-refractivity contribution is -0.215. The number of ether oxygens (including phenoxy) is 1. The van der Waals surface area contributed by atoms with Crippen LogP contribution in [-0.2, 0) is 4.74 Å². The van der Waals surface area contributed by atoms with Crippen LogP contribution in [-0.4, -0.2) is 67.0 Å². The standard InChI is InChI=1S/C34H59FN2OS/c1-23(35)27(37-18-20-39-21-19-37)22-36-34-14-7-8-26(34)24-9-10-29-32(4,25(24)11-17-34)15-12-28-31(2,3)30(38-6)13-16-33(28,29)5/h23-30,36H,7-22H2,1-6H3. The van der Waals surface area contributed by atoms with E-state index in [-0.39, 0.29) is 17.0 Å². The minimum Gasteiger partial charge on any atom is -0.381 e. The van der Waals surface area contributed by atoms with Crippen molar-refractivity contribution in [3.63, 3.8) is 0 Å². The van der Waals surface area contributed by atoms with Gasteiger partial charge in [0.1, 0.15) is 6.17 Å². The van der Waals surface area contributed by atoms with Crippen molar-refractivity contribution in [3.05, 3.63) is 0 Å². The van der Waals surface area contributed by atoms with Gasteiger partial charge in [-0.15, -0.1) is 0 Å². The molecule has 5 aliphatic carbocycles. The van der Waals surface area contributed by atoms with Gasteiger partial charge in [-0.3, -0.25) is 4.90 Å². The molecule has 1 aliphatic heterocycles. The van der Waals surface area contributed by atoms with Crippen molar-refractivity contribution >= 4 is 11.8 Å². The highest BCUT2D eigenvalue weighted by Gasteiger charge is 2.66. The van der Waals surface area contributed by atoms with E-state index in [2.05, 4.69) is 37.9 Å². The average Bonchev–Trinajstić information content (AvgIpc) is 3.33. The predicted octanol–water partition coefficient (Wildman–Crippen LogP) is 7.58. The van der Waals surface area contributed by atoms with Crippen LogP contribution in [0.15, 0.2) is 0 Å².